The number of guanidine groups is 1. The fourth-order valence-corrected chi connectivity index (χ4v) is 2.98. The number of amides is 1. The van der Waals surface area contributed by atoms with E-state index in [0.29, 0.717) is 25.7 Å². The number of carbonyl (C=O) groups is 1. The topological polar surface area (TPSA) is 91.1 Å². The fraction of sp³-hybridized carbons (Fsp3) is 0.667. The summed E-state index contributed by atoms with van der Waals surface area (Å²) in [5, 5.41) is 9.29. The number of furan rings is 1. The Labute approximate surface area is 178 Å². The van der Waals surface area contributed by atoms with E-state index in [2.05, 4.69) is 25.8 Å². The highest BCUT2D eigenvalue weighted by Crippen LogP contribution is 2.24. The van der Waals surface area contributed by atoms with Crippen LogP contribution in [-0.4, -0.2) is 69.8 Å². The Morgan fingerprint density at radius 3 is 2.74 bits per heavy atom. The number of nitrogens with one attached hydrogen (secondary N) is 3. The second-order valence-electron chi connectivity index (χ2n) is 6.19. The summed E-state index contributed by atoms with van der Waals surface area (Å²) in [6.45, 7) is 6.61. The molecule has 1 amide bonds. The van der Waals surface area contributed by atoms with E-state index in [0.717, 1.165) is 25.4 Å². The Balaban J connectivity index is 0.00000364. The number of hydrogen-bond donors (Lipinski definition) is 3. The lowest BCUT2D eigenvalue weighted by atomic mass is 10.2. The van der Waals surface area contributed by atoms with Crippen molar-refractivity contribution in [2.75, 3.05) is 53.0 Å². The summed E-state index contributed by atoms with van der Waals surface area (Å²) >= 11 is 0. The summed E-state index contributed by atoms with van der Waals surface area (Å²) in [4.78, 5) is 18.6. The zero-order valence-corrected chi connectivity index (χ0v) is 18.5. The summed E-state index contributed by atoms with van der Waals surface area (Å²) in [7, 11) is 1.60. The highest BCUT2D eigenvalue weighted by molar-refractivity contribution is 14.0. The van der Waals surface area contributed by atoms with Gasteiger partial charge in [-0.15, -0.1) is 24.0 Å². The Morgan fingerprint density at radius 2 is 2.11 bits per heavy atom. The summed E-state index contributed by atoms with van der Waals surface area (Å²) in [6.07, 6.45) is 4.14. The molecule has 0 radical (unpaired) electrons. The number of nitrogens with zero attached hydrogens (tertiary/aromatic N) is 2. The lowest BCUT2D eigenvalue weighted by Crippen LogP contribution is -2.43. The molecule has 2 heterocycles. The quantitative estimate of drug-likeness (QED) is 0.197. The molecule has 1 unspecified atom stereocenters. The molecule has 27 heavy (non-hydrogen) atoms. The number of ether oxygens (including phenoxy) is 1. The maximum absolute atomic E-state index is 11.8. The SMILES string of the molecule is CCNC(=NCC(=O)NCCOC)NCC(c1ccco1)N1CCCC1.I. The molecule has 0 spiro atoms. The van der Waals surface area contributed by atoms with Gasteiger partial charge in [0.05, 0.1) is 18.9 Å². The van der Waals surface area contributed by atoms with E-state index in [4.69, 9.17) is 9.15 Å². The lowest BCUT2D eigenvalue weighted by Gasteiger charge is -2.26. The van der Waals surface area contributed by atoms with Crippen LogP contribution in [0.5, 0.6) is 0 Å². The van der Waals surface area contributed by atoms with Gasteiger partial charge in [-0.3, -0.25) is 9.69 Å². The minimum atomic E-state index is -0.124. The van der Waals surface area contributed by atoms with Crippen LogP contribution >= 0.6 is 24.0 Å². The number of halogens is 1. The first-order chi connectivity index (χ1) is 12.7. The number of rotatable bonds is 10. The van der Waals surface area contributed by atoms with E-state index in [1.54, 1.807) is 13.4 Å². The molecule has 3 N–H and O–H groups in total. The van der Waals surface area contributed by atoms with Gasteiger partial charge in [0, 0.05) is 26.7 Å². The molecule has 1 saturated heterocycles. The highest BCUT2D eigenvalue weighted by Gasteiger charge is 2.25. The van der Waals surface area contributed by atoms with Crippen molar-refractivity contribution < 1.29 is 13.9 Å². The normalized spacial score (nSPS) is 15.9. The Kier molecular flexibility index (Phi) is 12.1. The molecule has 1 atom stereocenters. The molecule has 1 fully saturated rings. The summed E-state index contributed by atoms with van der Waals surface area (Å²) < 4.78 is 10.6. The van der Waals surface area contributed by atoms with Crippen molar-refractivity contribution in [1.82, 2.24) is 20.9 Å². The molecular formula is C18H32IN5O3. The molecule has 1 aromatic heterocycles. The van der Waals surface area contributed by atoms with Gasteiger partial charge in [0.2, 0.25) is 5.91 Å². The molecule has 0 aromatic carbocycles. The van der Waals surface area contributed by atoms with E-state index in [9.17, 15) is 4.79 Å². The van der Waals surface area contributed by atoms with E-state index in [1.807, 2.05) is 19.1 Å². The predicted molar refractivity (Wildman–Crippen MR) is 117 cm³/mol. The van der Waals surface area contributed by atoms with E-state index in [1.165, 1.54) is 12.8 Å². The minimum absolute atomic E-state index is 0. The molecule has 0 saturated carbocycles. The number of likely N-dealkylation sites (tertiary alicyclic amines) is 1. The maximum atomic E-state index is 11.8. The van der Waals surface area contributed by atoms with Gasteiger partial charge in [0.1, 0.15) is 12.3 Å². The number of hydrogen-bond acceptors (Lipinski definition) is 5. The molecule has 9 heteroatoms. The Hall–Kier alpha value is -1.33. The molecule has 154 valence electrons. The monoisotopic (exact) mass is 493 g/mol. The number of carbonyl (C=O) groups excluding carboxylic acids is 1. The Morgan fingerprint density at radius 1 is 1.33 bits per heavy atom. The smallest absolute Gasteiger partial charge is 0.241 e. The lowest BCUT2D eigenvalue weighted by molar-refractivity contribution is -0.119. The fourth-order valence-electron chi connectivity index (χ4n) is 2.98. The van der Waals surface area contributed by atoms with Crippen LogP contribution in [0.1, 0.15) is 31.6 Å². The first-order valence-corrected chi connectivity index (χ1v) is 9.29. The van der Waals surface area contributed by atoms with Gasteiger partial charge in [0.25, 0.3) is 0 Å². The van der Waals surface area contributed by atoms with Crippen molar-refractivity contribution >= 4 is 35.8 Å². The van der Waals surface area contributed by atoms with Gasteiger partial charge >= 0.3 is 0 Å². The molecule has 8 nitrogen and oxygen atoms in total. The molecule has 1 aliphatic rings. The molecule has 0 aliphatic carbocycles. The van der Waals surface area contributed by atoms with E-state index in [-0.39, 0.29) is 42.5 Å². The molecule has 0 bridgehead atoms. The van der Waals surface area contributed by atoms with Crippen molar-refractivity contribution in [3.05, 3.63) is 24.2 Å². The van der Waals surface area contributed by atoms with Gasteiger partial charge in [-0.25, -0.2) is 4.99 Å². The van der Waals surface area contributed by atoms with Crippen LogP contribution in [0.2, 0.25) is 0 Å². The van der Waals surface area contributed by atoms with E-state index < -0.39 is 0 Å². The molecule has 2 rings (SSSR count). The van der Waals surface area contributed by atoms with Crippen molar-refractivity contribution in [1.29, 1.82) is 0 Å². The van der Waals surface area contributed by atoms with Crippen molar-refractivity contribution in [3.8, 4) is 0 Å². The van der Waals surface area contributed by atoms with E-state index >= 15 is 0 Å². The van der Waals surface area contributed by atoms with Crippen LogP contribution in [0, 0.1) is 0 Å². The average Bonchev–Trinajstić information content (AvgIpc) is 3.34. The first kappa shape index (κ1) is 23.7. The van der Waals surface area contributed by atoms with Crippen LogP contribution in [0.3, 0.4) is 0 Å². The third-order valence-electron chi connectivity index (χ3n) is 4.27. The van der Waals surface area contributed by atoms with Gasteiger partial charge in [-0.1, -0.05) is 0 Å². The second kappa shape index (κ2) is 13.8. The summed E-state index contributed by atoms with van der Waals surface area (Å²) in [6, 6.07) is 4.09. The second-order valence-corrected chi connectivity index (χ2v) is 6.19. The number of aliphatic imine (C=N–C) groups is 1. The summed E-state index contributed by atoms with van der Waals surface area (Å²) in [5.41, 5.74) is 0. The van der Waals surface area contributed by atoms with Crippen LogP contribution in [0.25, 0.3) is 0 Å². The van der Waals surface area contributed by atoms with Crippen LogP contribution in [0.4, 0.5) is 0 Å². The zero-order valence-electron chi connectivity index (χ0n) is 16.2. The Bertz CT molecular complexity index is 547. The molecule has 1 aliphatic heterocycles. The number of methoxy groups -OCH3 is 1. The first-order valence-electron chi connectivity index (χ1n) is 9.29. The highest BCUT2D eigenvalue weighted by atomic mass is 127. The standard InChI is InChI=1S/C18H31N5O3.HI/c1-3-19-18(22-14-17(24)20-8-12-25-2)21-13-15(16-7-6-11-26-16)23-9-4-5-10-23;/h6-7,11,15H,3-5,8-10,12-14H2,1-2H3,(H,20,24)(H2,19,21,22);1H. The molecular weight excluding hydrogens is 461 g/mol. The van der Waals surface area contributed by atoms with Crippen molar-refractivity contribution in [2.45, 2.75) is 25.8 Å². The van der Waals surface area contributed by atoms with Gasteiger partial charge in [-0.05, 0) is 45.0 Å². The third kappa shape index (κ3) is 8.48. The van der Waals surface area contributed by atoms with Crippen molar-refractivity contribution in [3.63, 3.8) is 0 Å². The van der Waals surface area contributed by atoms with Gasteiger partial charge < -0.3 is 25.1 Å². The largest absolute Gasteiger partial charge is 0.468 e. The predicted octanol–water partition coefficient (Wildman–Crippen LogP) is 1.35. The average molecular weight is 493 g/mol. The zero-order chi connectivity index (χ0) is 18.6. The van der Waals surface area contributed by atoms with Crippen LogP contribution < -0.4 is 16.0 Å². The van der Waals surface area contributed by atoms with Crippen LogP contribution in [-0.2, 0) is 9.53 Å². The molecule has 1 aromatic rings. The summed E-state index contributed by atoms with van der Waals surface area (Å²) in [5.74, 6) is 1.46. The maximum Gasteiger partial charge on any atom is 0.241 e. The van der Waals surface area contributed by atoms with Gasteiger partial charge in [0.15, 0.2) is 5.96 Å². The van der Waals surface area contributed by atoms with Crippen LogP contribution in [0.15, 0.2) is 27.8 Å². The van der Waals surface area contributed by atoms with Gasteiger partial charge in [-0.2, -0.15) is 0 Å². The third-order valence-corrected chi connectivity index (χ3v) is 4.27. The van der Waals surface area contributed by atoms with Crippen molar-refractivity contribution in [2.24, 2.45) is 4.99 Å². The minimum Gasteiger partial charge on any atom is -0.468 e.